The van der Waals surface area contributed by atoms with Crippen LogP contribution in [0.25, 0.3) is 106 Å². The Morgan fingerprint density at radius 3 is 1.43 bits per heavy atom. The van der Waals surface area contributed by atoms with Crippen LogP contribution < -0.4 is 0 Å². The molecule has 4 heteroatoms. The van der Waals surface area contributed by atoms with Crippen molar-refractivity contribution in [1.82, 2.24) is 19.6 Å². The molecule has 0 aliphatic heterocycles. The largest absolute Gasteiger partial charge is 0.231 e. The quantitative estimate of drug-likeness (QED) is 0.154. The molecule has 3 heterocycles. The van der Waals surface area contributed by atoms with Gasteiger partial charge in [-0.25, -0.2) is 14.5 Å². The van der Waals surface area contributed by atoms with Gasteiger partial charge in [-0.1, -0.05) is 206 Å². The smallest absolute Gasteiger partial charge is 0.160 e. The molecule has 0 saturated heterocycles. The summed E-state index contributed by atoms with van der Waals surface area (Å²) < 4.78 is 2.15. The number of rotatable bonds is 8. The SMILES string of the molecule is c1ccc(-c2cccc(-c3cc(-c4ccc(-c5cccc(-c6c(-c7ccccc7)n7ncc(-c8ccccc8)c7c7ccccc67)c5)cc4)nc(-c4ccccc4)n3)c2)cc1. The zero-order chi connectivity index (χ0) is 40.5. The molecular weight excluding hydrogens is 741 g/mol. The van der Waals surface area contributed by atoms with Gasteiger partial charge in [0.2, 0.25) is 0 Å². The van der Waals surface area contributed by atoms with E-state index in [-0.39, 0.29) is 0 Å². The molecule has 8 aromatic carbocycles. The van der Waals surface area contributed by atoms with Crippen LogP contribution >= 0.6 is 0 Å². The number of fused-ring (bicyclic) bond motifs is 3. The van der Waals surface area contributed by atoms with E-state index in [1.54, 1.807) is 0 Å². The molecule has 0 aliphatic carbocycles. The summed E-state index contributed by atoms with van der Waals surface area (Å²) in [6.07, 6.45) is 2.01. The van der Waals surface area contributed by atoms with Gasteiger partial charge in [0.15, 0.2) is 5.82 Å². The Balaban J connectivity index is 1.02. The molecule has 0 N–H and O–H groups in total. The van der Waals surface area contributed by atoms with Crippen LogP contribution in [0.4, 0.5) is 0 Å². The average molecular weight is 779 g/mol. The van der Waals surface area contributed by atoms with E-state index in [9.17, 15) is 0 Å². The van der Waals surface area contributed by atoms with Crippen molar-refractivity contribution in [2.45, 2.75) is 0 Å². The highest BCUT2D eigenvalue weighted by molar-refractivity contribution is 6.13. The summed E-state index contributed by atoms with van der Waals surface area (Å²) in [5, 5.41) is 7.45. The Morgan fingerprint density at radius 2 is 0.770 bits per heavy atom. The zero-order valence-corrected chi connectivity index (χ0v) is 33.2. The van der Waals surface area contributed by atoms with Gasteiger partial charge >= 0.3 is 0 Å². The van der Waals surface area contributed by atoms with E-state index in [4.69, 9.17) is 15.1 Å². The van der Waals surface area contributed by atoms with Gasteiger partial charge in [0.1, 0.15) is 0 Å². The number of benzene rings is 8. The predicted octanol–water partition coefficient (Wildman–Crippen LogP) is 14.6. The van der Waals surface area contributed by atoms with E-state index in [2.05, 4.69) is 205 Å². The molecule has 0 radical (unpaired) electrons. The summed E-state index contributed by atoms with van der Waals surface area (Å²) in [6, 6.07) is 79.0. The Kier molecular flexibility index (Phi) is 9.14. The first-order valence-corrected chi connectivity index (χ1v) is 20.6. The molecule has 11 aromatic rings. The molecule has 0 saturated carbocycles. The van der Waals surface area contributed by atoms with Gasteiger partial charge < -0.3 is 0 Å². The van der Waals surface area contributed by atoms with E-state index in [0.717, 1.165) is 89.2 Å². The van der Waals surface area contributed by atoms with Crippen molar-refractivity contribution in [3.63, 3.8) is 0 Å². The van der Waals surface area contributed by atoms with Gasteiger partial charge in [-0.15, -0.1) is 0 Å². The third-order valence-electron chi connectivity index (χ3n) is 11.5. The van der Waals surface area contributed by atoms with Gasteiger partial charge in [-0.05, 0) is 57.0 Å². The van der Waals surface area contributed by atoms with Gasteiger partial charge in [-0.2, -0.15) is 5.10 Å². The first kappa shape index (κ1) is 35.9. The Bertz CT molecular complexity index is 3320. The van der Waals surface area contributed by atoms with Crippen molar-refractivity contribution in [2.24, 2.45) is 0 Å². The lowest BCUT2D eigenvalue weighted by molar-refractivity contribution is 0.976. The maximum absolute atomic E-state index is 5.13. The lowest BCUT2D eigenvalue weighted by Gasteiger charge is -2.18. The Labute approximate surface area is 354 Å². The molecule has 0 atom stereocenters. The van der Waals surface area contributed by atoms with Crippen LogP contribution in [0.1, 0.15) is 0 Å². The summed E-state index contributed by atoms with van der Waals surface area (Å²) in [5.74, 6) is 0.696. The molecule has 61 heavy (non-hydrogen) atoms. The van der Waals surface area contributed by atoms with E-state index >= 15 is 0 Å². The monoisotopic (exact) mass is 778 g/mol. The predicted molar refractivity (Wildman–Crippen MR) is 252 cm³/mol. The minimum Gasteiger partial charge on any atom is -0.231 e. The molecular formula is C57H38N4. The third kappa shape index (κ3) is 6.76. The highest BCUT2D eigenvalue weighted by Gasteiger charge is 2.22. The first-order chi connectivity index (χ1) is 30.2. The van der Waals surface area contributed by atoms with E-state index in [1.807, 2.05) is 30.5 Å². The normalized spacial score (nSPS) is 11.3. The molecule has 4 nitrogen and oxygen atoms in total. The fourth-order valence-electron chi connectivity index (χ4n) is 8.54. The van der Waals surface area contributed by atoms with Crippen molar-refractivity contribution >= 4 is 16.3 Å². The highest BCUT2D eigenvalue weighted by Crippen LogP contribution is 2.43. The number of aromatic nitrogens is 4. The van der Waals surface area contributed by atoms with Gasteiger partial charge in [0, 0.05) is 38.8 Å². The number of nitrogens with zero attached hydrogens (tertiary/aromatic N) is 4. The second-order valence-electron chi connectivity index (χ2n) is 15.3. The second-order valence-corrected chi connectivity index (χ2v) is 15.3. The Hall–Kier alpha value is -8.21. The van der Waals surface area contributed by atoms with Crippen molar-refractivity contribution < 1.29 is 0 Å². The average Bonchev–Trinajstić information content (AvgIpc) is 3.80. The number of hydrogen-bond donors (Lipinski definition) is 0. The van der Waals surface area contributed by atoms with E-state index < -0.39 is 0 Å². The highest BCUT2D eigenvalue weighted by atomic mass is 15.2. The summed E-state index contributed by atoms with van der Waals surface area (Å²) in [6.45, 7) is 0. The summed E-state index contributed by atoms with van der Waals surface area (Å²) >= 11 is 0. The fraction of sp³-hybridized carbons (Fsp3) is 0. The zero-order valence-electron chi connectivity index (χ0n) is 33.2. The van der Waals surface area contributed by atoms with Crippen LogP contribution in [0.5, 0.6) is 0 Å². The topological polar surface area (TPSA) is 43.1 Å². The summed E-state index contributed by atoms with van der Waals surface area (Å²) in [5.41, 5.74) is 17.2. The van der Waals surface area contributed by atoms with Crippen molar-refractivity contribution in [1.29, 1.82) is 0 Å². The molecule has 0 spiro atoms. The maximum Gasteiger partial charge on any atom is 0.160 e. The minimum atomic E-state index is 0.696. The second kappa shape index (κ2) is 15.5. The lowest BCUT2D eigenvalue weighted by atomic mass is 9.90. The molecule has 0 aliphatic rings. The van der Waals surface area contributed by atoms with Crippen LogP contribution in [0, 0.1) is 0 Å². The first-order valence-electron chi connectivity index (χ1n) is 20.6. The number of pyridine rings is 1. The molecule has 0 fully saturated rings. The minimum absolute atomic E-state index is 0.696. The molecule has 11 rings (SSSR count). The summed E-state index contributed by atoms with van der Waals surface area (Å²) in [4.78, 5) is 10.2. The molecule has 0 unspecified atom stereocenters. The van der Waals surface area contributed by atoms with Crippen LogP contribution in [-0.2, 0) is 0 Å². The van der Waals surface area contributed by atoms with Crippen LogP contribution in [-0.4, -0.2) is 19.6 Å². The van der Waals surface area contributed by atoms with Gasteiger partial charge in [0.25, 0.3) is 0 Å². The van der Waals surface area contributed by atoms with Crippen molar-refractivity contribution in [3.8, 4) is 89.7 Å². The molecule has 0 bridgehead atoms. The van der Waals surface area contributed by atoms with Crippen molar-refractivity contribution in [3.05, 3.63) is 231 Å². The van der Waals surface area contributed by atoms with Crippen LogP contribution in [0.15, 0.2) is 231 Å². The summed E-state index contributed by atoms with van der Waals surface area (Å²) in [7, 11) is 0. The standard InChI is InChI=1S/C57H38N4/c1-5-17-39(18-6-1)45-25-15-27-47(35-45)53-37-52(59-57(60-53)44-23-11-4-12-24-44)42-33-31-40(32-34-42)46-26-16-28-48(36-46)54-49-29-13-14-30-50(49)56-51(41-19-7-2-8-20-41)38-58-61(56)55(54)43-21-9-3-10-22-43/h1-38H. The van der Waals surface area contributed by atoms with Gasteiger partial charge in [-0.3, -0.25) is 0 Å². The van der Waals surface area contributed by atoms with Crippen LogP contribution in [0.3, 0.4) is 0 Å². The van der Waals surface area contributed by atoms with Crippen molar-refractivity contribution in [2.75, 3.05) is 0 Å². The third-order valence-corrected chi connectivity index (χ3v) is 11.5. The van der Waals surface area contributed by atoms with Gasteiger partial charge in [0.05, 0.1) is 28.8 Å². The van der Waals surface area contributed by atoms with Crippen LogP contribution in [0.2, 0.25) is 0 Å². The lowest BCUT2D eigenvalue weighted by Crippen LogP contribution is -2.00. The molecule has 0 amide bonds. The number of hydrogen-bond acceptors (Lipinski definition) is 3. The molecule has 3 aromatic heterocycles. The van der Waals surface area contributed by atoms with E-state index in [1.165, 1.54) is 10.9 Å². The maximum atomic E-state index is 5.13. The van der Waals surface area contributed by atoms with E-state index in [0.29, 0.717) is 5.82 Å². The fourth-order valence-corrected chi connectivity index (χ4v) is 8.54. The Morgan fingerprint density at radius 1 is 0.311 bits per heavy atom. The molecule has 286 valence electrons.